The summed E-state index contributed by atoms with van der Waals surface area (Å²) in [6.07, 6.45) is 13.1. The number of nitrogens with zero attached hydrogens (tertiary/aromatic N) is 2. The van der Waals surface area contributed by atoms with Crippen LogP contribution in [0, 0.1) is 5.92 Å². The van der Waals surface area contributed by atoms with Crippen LogP contribution in [0.15, 0.2) is 65.2 Å². The van der Waals surface area contributed by atoms with Gasteiger partial charge in [0.05, 0.1) is 6.42 Å². The first-order valence-electron chi connectivity index (χ1n) is 12.4. The molecule has 1 saturated heterocycles. The van der Waals surface area contributed by atoms with Crippen LogP contribution in [0.4, 0.5) is 0 Å². The standard InChI is InChI=1S/C22H31N3O4.C5H5N/c1-15-4-7-19-17(3-2-9-23-19)5-6-18(15)11-16-13-25(14-16)21(27)12-20(26)24-10-8-22(28)29;1-2-4-6-5-3-1/h5-6,16,23H,2-4,7-14H2,1H3,(H,24,26)(H,28,29);1-5H/b6-5-,18-15-;. The monoisotopic (exact) mass is 480 g/mol. The van der Waals surface area contributed by atoms with Gasteiger partial charge in [-0.15, -0.1) is 0 Å². The van der Waals surface area contributed by atoms with Gasteiger partial charge in [-0.2, -0.15) is 0 Å². The van der Waals surface area contributed by atoms with Crippen molar-refractivity contribution in [2.45, 2.75) is 51.9 Å². The van der Waals surface area contributed by atoms with E-state index in [0.29, 0.717) is 19.0 Å². The van der Waals surface area contributed by atoms with E-state index in [1.807, 2.05) is 18.2 Å². The van der Waals surface area contributed by atoms with E-state index in [-0.39, 0.29) is 25.3 Å². The zero-order valence-corrected chi connectivity index (χ0v) is 20.5. The van der Waals surface area contributed by atoms with Crippen LogP contribution in [0.5, 0.6) is 0 Å². The molecule has 8 nitrogen and oxygen atoms in total. The van der Waals surface area contributed by atoms with E-state index in [4.69, 9.17) is 5.11 Å². The first-order valence-corrected chi connectivity index (χ1v) is 12.4. The number of rotatable bonds is 7. The molecular weight excluding hydrogens is 444 g/mol. The van der Waals surface area contributed by atoms with Gasteiger partial charge in [0.25, 0.3) is 0 Å². The molecule has 35 heavy (non-hydrogen) atoms. The van der Waals surface area contributed by atoms with Gasteiger partial charge in [0, 0.05) is 44.3 Å². The Morgan fingerprint density at radius 1 is 1.11 bits per heavy atom. The molecule has 3 aliphatic rings. The molecule has 1 aliphatic carbocycles. The summed E-state index contributed by atoms with van der Waals surface area (Å²) in [4.78, 5) is 39.9. The molecule has 0 atom stereocenters. The van der Waals surface area contributed by atoms with Crippen molar-refractivity contribution in [3.05, 3.63) is 65.2 Å². The molecule has 0 saturated carbocycles. The predicted molar refractivity (Wildman–Crippen MR) is 134 cm³/mol. The van der Waals surface area contributed by atoms with Crippen molar-refractivity contribution in [1.29, 1.82) is 0 Å². The lowest BCUT2D eigenvalue weighted by molar-refractivity contribution is -0.141. The fraction of sp³-hybridized carbons (Fsp3) is 0.481. The number of nitrogens with one attached hydrogen (secondary N) is 2. The van der Waals surface area contributed by atoms with Gasteiger partial charge in [-0.3, -0.25) is 19.4 Å². The largest absolute Gasteiger partial charge is 0.481 e. The molecule has 2 aliphatic heterocycles. The summed E-state index contributed by atoms with van der Waals surface area (Å²) in [5.74, 6) is -1.13. The summed E-state index contributed by atoms with van der Waals surface area (Å²) >= 11 is 0. The molecule has 8 heteroatoms. The Bertz CT molecular complexity index is 951. The molecule has 1 aromatic rings. The van der Waals surface area contributed by atoms with Crippen LogP contribution in [-0.2, 0) is 14.4 Å². The van der Waals surface area contributed by atoms with Crippen molar-refractivity contribution in [2.24, 2.45) is 5.92 Å². The first kappa shape index (κ1) is 26.2. The molecule has 0 spiro atoms. The highest BCUT2D eigenvalue weighted by molar-refractivity contribution is 5.97. The average Bonchev–Trinajstić information content (AvgIpc) is 2.82. The zero-order chi connectivity index (χ0) is 25.0. The van der Waals surface area contributed by atoms with Crippen molar-refractivity contribution in [3.63, 3.8) is 0 Å². The number of hydrogen-bond donors (Lipinski definition) is 3. The van der Waals surface area contributed by atoms with Crippen LogP contribution in [-0.4, -0.2) is 59.0 Å². The Morgan fingerprint density at radius 2 is 1.89 bits per heavy atom. The molecule has 0 aromatic carbocycles. The van der Waals surface area contributed by atoms with E-state index >= 15 is 0 Å². The highest BCUT2D eigenvalue weighted by atomic mass is 16.4. The van der Waals surface area contributed by atoms with Crippen molar-refractivity contribution in [1.82, 2.24) is 20.5 Å². The van der Waals surface area contributed by atoms with Gasteiger partial charge < -0.3 is 20.6 Å². The molecule has 3 N–H and O–H groups in total. The van der Waals surface area contributed by atoms with Crippen LogP contribution in [0.3, 0.4) is 0 Å². The van der Waals surface area contributed by atoms with Crippen LogP contribution in [0.2, 0.25) is 0 Å². The molecule has 0 radical (unpaired) electrons. The number of allylic oxidation sites excluding steroid dienone is 6. The van der Waals surface area contributed by atoms with E-state index in [0.717, 1.165) is 32.2 Å². The van der Waals surface area contributed by atoms with E-state index in [1.165, 1.54) is 28.8 Å². The maximum atomic E-state index is 12.2. The van der Waals surface area contributed by atoms with Gasteiger partial charge in [0.2, 0.25) is 11.8 Å². The molecule has 188 valence electrons. The van der Waals surface area contributed by atoms with Gasteiger partial charge >= 0.3 is 5.97 Å². The number of pyridine rings is 1. The van der Waals surface area contributed by atoms with E-state index in [2.05, 4.69) is 34.7 Å². The number of aromatic nitrogens is 1. The number of hydrogen-bond acceptors (Lipinski definition) is 5. The Hall–Kier alpha value is -3.42. The molecule has 1 fully saturated rings. The second-order valence-corrected chi connectivity index (χ2v) is 9.24. The summed E-state index contributed by atoms with van der Waals surface area (Å²) < 4.78 is 0. The summed E-state index contributed by atoms with van der Waals surface area (Å²) in [5, 5.41) is 14.6. The number of amides is 2. The normalized spacial score (nSPS) is 20.7. The molecule has 4 rings (SSSR count). The van der Waals surface area contributed by atoms with Gasteiger partial charge in [0.15, 0.2) is 0 Å². The average molecular weight is 481 g/mol. The van der Waals surface area contributed by atoms with Crippen molar-refractivity contribution >= 4 is 17.8 Å². The van der Waals surface area contributed by atoms with Crippen LogP contribution in [0.25, 0.3) is 0 Å². The zero-order valence-electron chi connectivity index (χ0n) is 20.5. The highest BCUT2D eigenvalue weighted by Crippen LogP contribution is 2.31. The van der Waals surface area contributed by atoms with E-state index < -0.39 is 11.9 Å². The third-order valence-corrected chi connectivity index (χ3v) is 6.49. The molecule has 2 amide bonds. The van der Waals surface area contributed by atoms with E-state index in [1.54, 1.807) is 17.3 Å². The summed E-state index contributed by atoms with van der Waals surface area (Å²) in [6, 6.07) is 5.72. The lowest BCUT2D eigenvalue weighted by Gasteiger charge is -2.40. The Balaban J connectivity index is 0.000000497. The highest BCUT2D eigenvalue weighted by Gasteiger charge is 2.32. The Morgan fingerprint density at radius 3 is 2.54 bits per heavy atom. The SMILES string of the molecule is C/C1=C(CC2CN(C(=O)CC(=O)NCCC(=O)O)C2)\C=C/C2=C(CC1)NCCC2.c1ccncc1. The van der Waals surface area contributed by atoms with Crippen molar-refractivity contribution in [3.8, 4) is 0 Å². The number of likely N-dealkylation sites (tertiary alicyclic amines) is 1. The molecule has 0 bridgehead atoms. The predicted octanol–water partition coefficient (Wildman–Crippen LogP) is 3.20. The van der Waals surface area contributed by atoms with Crippen molar-refractivity contribution in [2.75, 3.05) is 26.2 Å². The maximum absolute atomic E-state index is 12.2. The lowest BCUT2D eigenvalue weighted by Crippen LogP contribution is -2.51. The lowest BCUT2D eigenvalue weighted by atomic mass is 9.86. The second-order valence-electron chi connectivity index (χ2n) is 9.24. The number of carboxylic acid groups (broad SMARTS) is 1. The second kappa shape index (κ2) is 13.5. The van der Waals surface area contributed by atoms with Gasteiger partial charge in [0.1, 0.15) is 6.42 Å². The number of carboxylic acids is 1. The minimum absolute atomic E-state index is 0.0531. The fourth-order valence-electron chi connectivity index (χ4n) is 4.42. The van der Waals surface area contributed by atoms with Crippen LogP contribution >= 0.6 is 0 Å². The maximum Gasteiger partial charge on any atom is 0.305 e. The molecular formula is C27H36N4O4. The number of aliphatic carboxylic acids is 1. The van der Waals surface area contributed by atoms with Crippen molar-refractivity contribution < 1.29 is 19.5 Å². The minimum Gasteiger partial charge on any atom is -0.481 e. The van der Waals surface area contributed by atoms with Crippen LogP contribution in [0.1, 0.15) is 51.9 Å². The fourth-order valence-corrected chi connectivity index (χ4v) is 4.42. The smallest absolute Gasteiger partial charge is 0.305 e. The first-order chi connectivity index (χ1) is 16.9. The van der Waals surface area contributed by atoms with Gasteiger partial charge in [-0.05, 0) is 68.2 Å². The summed E-state index contributed by atoms with van der Waals surface area (Å²) in [6.45, 7) is 4.70. The topological polar surface area (TPSA) is 112 Å². The van der Waals surface area contributed by atoms with Gasteiger partial charge in [-0.1, -0.05) is 23.8 Å². The number of carbonyl (C=O) groups is 3. The third-order valence-electron chi connectivity index (χ3n) is 6.49. The summed E-state index contributed by atoms with van der Waals surface area (Å²) in [7, 11) is 0. The molecule has 1 aromatic heterocycles. The molecule has 0 unspecified atom stereocenters. The number of carbonyl (C=O) groups excluding carboxylic acids is 2. The van der Waals surface area contributed by atoms with Gasteiger partial charge in [-0.25, -0.2) is 0 Å². The Kier molecular flexibility index (Phi) is 10.1. The molecule has 3 heterocycles. The van der Waals surface area contributed by atoms with E-state index in [9.17, 15) is 14.4 Å². The minimum atomic E-state index is -0.970. The third kappa shape index (κ3) is 8.70. The van der Waals surface area contributed by atoms with Crippen LogP contribution < -0.4 is 10.6 Å². The summed E-state index contributed by atoms with van der Waals surface area (Å²) in [5.41, 5.74) is 5.63. The quantitative estimate of drug-likeness (QED) is 0.517. The Labute approximate surface area is 207 Å².